The van der Waals surface area contributed by atoms with Crippen molar-refractivity contribution < 1.29 is 27.5 Å². The van der Waals surface area contributed by atoms with Crippen LogP contribution in [0.5, 0.6) is 5.75 Å². The molecule has 2 aromatic carbocycles. The van der Waals surface area contributed by atoms with Gasteiger partial charge in [0.2, 0.25) is 0 Å². The molecule has 3 aromatic rings. The Morgan fingerprint density at radius 2 is 1.87 bits per heavy atom. The molecule has 0 N–H and O–H groups in total. The molecule has 4 nitrogen and oxygen atoms in total. The second-order valence-corrected chi connectivity index (χ2v) is 7.69. The first kappa shape index (κ1) is 22.7. The molecule has 0 spiro atoms. The van der Waals surface area contributed by atoms with Crippen LogP contribution < -0.4 is 4.74 Å². The lowest BCUT2D eigenvalue weighted by Gasteiger charge is -2.12. The van der Waals surface area contributed by atoms with Crippen LogP contribution in [0.3, 0.4) is 0 Å². The van der Waals surface area contributed by atoms with Gasteiger partial charge >= 0.3 is 6.18 Å². The molecule has 0 unspecified atom stereocenters. The van der Waals surface area contributed by atoms with E-state index in [-0.39, 0.29) is 28.4 Å². The quantitative estimate of drug-likeness (QED) is 0.296. The number of rotatable bonds is 7. The number of ether oxygens (including phenoxy) is 1. The number of alkyl halides is 3. The van der Waals surface area contributed by atoms with Gasteiger partial charge in [0, 0.05) is 21.7 Å². The largest absolute Gasteiger partial charge is 0.489 e. The smallest absolute Gasteiger partial charge is 0.427 e. The van der Waals surface area contributed by atoms with Crippen LogP contribution in [0.4, 0.5) is 13.2 Å². The Kier molecular flexibility index (Phi) is 6.92. The highest BCUT2D eigenvalue weighted by Crippen LogP contribution is 2.40. The van der Waals surface area contributed by atoms with Crippen LogP contribution >= 0.6 is 23.1 Å². The maximum absolute atomic E-state index is 13.5. The van der Waals surface area contributed by atoms with Crippen molar-refractivity contribution in [2.24, 2.45) is 0 Å². The fourth-order valence-electron chi connectivity index (χ4n) is 2.76. The third kappa shape index (κ3) is 5.59. The summed E-state index contributed by atoms with van der Waals surface area (Å²) in [6, 6.07) is 10.8. The van der Waals surface area contributed by atoms with Crippen molar-refractivity contribution in [2.45, 2.75) is 19.7 Å². The Bertz CT molecular complexity index is 1140. The number of halogens is 4. The summed E-state index contributed by atoms with van der Waals surface area (Å²) in [5.74, 6) is 0.0278. The van der Waals surface area contributed by atoms with Gasteiger partial charge in [0.15, 0.2) is 12.1 Å². The van der Waals surface area contributed by atoms with Crippen LogP contribution in [-0.4, -0.2) is 16.4 Å². The molecule has 0 saturated carbocycles. The zero-order valence-electron chi connectivity index (χ0n) is 16.1. The zero-order chi connectivity index (χ0) is 22.6. The fraction of sp³-hybridized carbons (Fsp3) is 0.136. The molecular weight excluding hydrogens is 451 g/mol. The number of carbonyl (C=O) groups is 2. The number of carbonyl (C=O) groups excluding carboxylic acids is 2. The number of nitrogens with zero attached hydrogens (tertiary/aromatic N) is 1. The molecule has 0 atom stereocenters. The molecular formula is C22H15ClF3NO3S. The first-order valence-electron chi connectivity index (χ1n) is 8.91. The molecule has 0 fully saturated rings. The van der Waals surface area contributed by atoms with E-state index in [2.05, 4.69) is 4.37 Å². The summed E-state index contributed by atoms with van der Waals surface area (Å²) in [7, 11) is 0. The summed E-state index contributed by atoms with van der Waals surface area (Å²) in [5, 5.41) is 0.452. The summed E-state index contributed by atoms with van der Waals surface area (Å²) < 4.78 is 50.1. The first-order valence-corrected chi connectivity index (χ1v) is 10.1. The second-order valence-electron chi connectivity index (χ2n) is 6.48. The minimum atomic E-state index is -4.59. The Morgan fingerprint density at radius 1 is 1.16 bits per heavy atom. The molecule has 0 aliphatic carbocycles. The number of allylic oxidation sites excluding steroid dienone is 1. The van der Waals surface area contributed by atoms with Crippen molar-refractivity contribution in [2.75, 3.05) is 0 Å². The van der Waals surface area contributed by atoms with Gasteiger partial charge in [0.25, 0.3) is 0 Å². The Morgan fingerprint density at radius 3 is 2.48 bits per heavy atom. The summed E-state index contributed by atoms with van der Waals surface area (Å²) in [6.45, 7) is 0.976. The minimum Gasteiger partial charge on any atom is -0.489 e. The monoisotopic (exact) mass is 465 g/mol. The normalized spacial score (nSPS) is 11.6. The SMILES string of the molecule is CC(=O)/C=C/c1ccc(OCc2c(-c3ccc(Cl)cc3)nsc2C(F)(F)F)cc1C=O. The molecule has 1 aromatic heterocycles. The van der Waals surface area contributed by atoms with Gasteiger partial charge in [0.05, 0.1) is 5.69 Å². The average molecular weight is 466 g/mol. The average Bonchev–Trinajstić information content (AvgIpc) is 3.16. The predicted octanol–water partition coefficient (Wildman–Crippen LogP) is 6.48. The van der Waals surface area contributed by atoms with E-state index in [1.807, 2.05) is 0 Å². The first-order chi connectivity index (χ1) is 14.7. The lowest BCUT2D eigenvalue weighted by atomic mass is 10.1. The highest BCUT2D eigenvalue weighted by Gasteiger charge is 2.38. The molecule has 0 saturated heterocycles. The standard InChI is InChI=1S/C22H15ClF3NO3S/c1-13(29)2-3-14-6-9-18(10-16(14)11-28)30-12-19-20(15-4-7-17(23)8-5-15)27-31-21(19)22(24,25)26/h2-11H,12H2,1H3/b3-2+. The van der Waals surface area contributed by atoms with E-state index in [9.17, 15) is 22.8 Å². The van der Waals surface area contributed by atoms with Crippen LogP contribution in [0, 0.1) is 0 Å². The molecule has 9 heteroatoms. The highest BCUT2D eigenvalue weighted by atomic mass is 35.5. The molecule has 0 amide bonds. The lowest BCUT2D eigenvalue weighted by molar-refractivity contribution is -0.135. The second kappa shape index (κ2) is 9.45. The van der Waals surface area contributed by atoms with E-state index in [1.54, 1.807) is 30.3 Å². The van der Waals surface area contributed by atoms with Crippen LogP contribution in [0.1, 0.15) is 33.3 Å². The van der Waals surface area contributed by atoms with Gasteiger partial charge in [-0.05, 0) is 54.4 Å². The van der Waals surface area contributed by atoms with Crippen LogP contribution in [0.15, 0.2) is 48.5 Å². The van der Waals surface area contributed by atoms with Gasteiger partial charge < -0.3 is 4.74 Å². The van der Waals surface area contributed by atoms with Crippen molar-refractivity contribution in [3.05, 3.63) is 75.1 Å². The van der Waals surface area contributed by atoms with E-state index in [0.29, 0.717) is 34.0 Å². The van der Waals surface area contributed by atoms with Crippen LogP contribution in [0.2, 0.25) is 5.02 Å². The topological polar surface area (TPSA) is 56.3 Å². The van der Waals surface area contributed by atoms with E-state index in [4.69, 9.17) is 16.3 Å². The number of benzene rings is 2. The molecule has 3 rings (SSSR count). The molecule has 1 heterocycles. The molecule has 0 radical (unpaired) electrons. The third-order valence-electron chi connectivity index (χ3n) is 4.23. The molecule has 0 bridgehead atoms. The summed E-state index contributed by atoms with van der Waals surface area (Å²) in [6.07, 6.45) is -1.21. The van der Waals surface area contributed by atoms with E-state index < -0.39 is 17.7 Å². The van der Waals surface area contributed by atoms with Crippen LogP contribution in [-0.2, 0) is 17.6 Å². The number of ketones is 1. The van der Waals surface area contributed by atoms with Crippen molar-refractivity contribution in [3.8, 4) is 17.0 Å². The molecule has 31 heavy (non-hydrogen) atoms. The van der Waals surface area contributed by atoms with E-state index in [1.165, 1.54) is 31.2 Å². The molecule has 0 aliphatic rings. The van der Waals surface area contributed by atoms with Crippen LogP contribution in [0.25, 0.3) is 17.3 Å². The fourth-order valence-corrected chi connectivity index (χ4v) is 3.65. The number of aromatic nitrogens is 1. The van der Waals surface area contributed by atoms with E-state index >= 15 is 0 Å². The summed E-state index contributed by atoms with van der Waals surface area (Å²) in [4.78, 5) is 21.6. The van der Waals surface area contributed by atoms with Crippen molar-refractivity contribution >= 4 is 41.3 Å². The summed E-state index contributed by atoms with van der Waals surface area (Å²) in [5.41, 5.74) is 1.27. The van der Waals surface area contributed by atoms with Crippen molar-refractivity contribution in [1.82, 2.24) is 4.37 Å². The lowest BCUT2D eigenvalue weighted by Crippen LogP contribution is -2.08. The molecule has 160 valence electrons. The Hall–Kier alpha value is -2.97. The Balaban J connectivity index is 1.92. The van der Waals surface area contributed by atoms with Crippen molar-refractivity contribution in [3.63, 3.8) is 0 Å². The highest BCUT2D eigenvalue weighted by molar-refractivity contribution is 7.06. The van der Waals surface area contributed by atoms with Gasteiger partial charge in [0.1, 0.15) is 17.2 Å². The minimum absolute atomic E-state index is 0.104. The van der Waals surface area contributed by atoms with E-state index in [0.717, 1.165) is 0 Å². The van der Waals surface area contributed by atoms with Gasteiger partial charge in [-0.1, -0.05) is 35.9 Å². The predicted molar refractivity (Wildman–Crippen MR) is 113 cm³/mol. The maximum atomic E-state index is 13.5. The zero-order valence-corrected chi connectivity index (χ0v) is 17.6. The number of aldehydes is 1. The van der Waals surface area contributed by atoms with Gasteiger partial charge in [-0.2, -0.15) is 17.5 Å². The number of hydrogen-bond acceptors (Lipinski definition) is 5. The Labute approximate surface area is 185 Å². The van der Waals surface area contributed by atoms with Gasteiger partial charge in [-0.15, -0.1) is 0 Å². The van der Waals surface area contributed by atoms with Gasteiger partial charge in [-0.25, -0.2) is 0 Å². The molecule has 0 aliphatic heterocycles. The van der Waals surface area contributed by atoms with Gasteiger partial charge in [-0.3, -0.25) is 9.59 Å². The van der Waals surface area contributed by atoms with Crippen molar-refractivity contribution in [1.29, 1.82) is 0 Å². The third-order valence-corrected chi connectivity index (χ3v) is 5.42. The maximum Gasteiger partial charge on any atom is 0.427 e. The number of hydrogen-bond donors (Lipinski definition) is 0. The summed E-state index contributed by atoms with van der Waals surface area (Å²) >= 11 is 6.22.